The number of hydrogen-bond donors (Lipinski definition) is 13. The van der Waals surface area contributed by atoms with Gasteiger partial charge in [-0.25, -0.2) is 4.79 Å². The van der Waals surface area contributed by atoms with Crippen LogP contribution in [-0.4, -0.2) is 206 Å². The van der Waals surface area contributed by atoms with Crippen molar-refractivity contribution < 1.29 is 83.3 Å². The van der Waals surface area contributed by atoms with Crippen LogP contribution in [0.3, 0.4) is 0 Å². The van der Waals surface area contributed by atoms with Gasteiger partial charge in [-0.3, -0.25) is 43.2 Å². The van der Waals surface area contributed by atoms with Crippen LogP contribution in [0.25, 0.3) is 0 Å². The third kappa shape index (κ3) is 27.0. The molecular formula is C67H103N9O17. The molecule has 0 aliphatic carbocycles. The van der Waals surface area contributed by atoms with E-state index in [0.717, 1.165) is 43.7 Å². The first-order valence-electron chi connectivity index (χ1n) is 32.1. The zero-order valence-electron chi connectivity index (χ0n) is 55.7. The number of carbonyl (C=O) groups excluding carboxylic acids is 10. The second kappa shape index (κ2) is 40.4. The molecule has 0 radical (unpaired) electrons. The highest BCUT2D eigenvalue weighted by molar-refractivity contribution is 5.95. The fourth-order valence-electron chi connectivity index (χ4n) is 10.4. The number of esters is 1. The molecule has 26 heteroatoms. The van der Waals surface area contributed by atoms with Gasteiger partial charge in [0.25, 0.3) is 0 Å². The minimum atomic E-state index is -1.77. The van der Waals surface area contributed by atoms with E-state index in [2.05, 4.69) is 44.1 Å². The standard InChI is InChI=1S/C67H103N9O17/c1-12-13-14-15-16-17-21-24-54(83)69-47(31-43-22-19-18-20-23-43)51(80)33-55(84)73-60(40(4)5)64(89)70-49(37-78)53(82)35-57(86)74-61(41(6)7)65(90)71-48(36-77)52(81)34-56(85)72-59(39(2)3)63(88)68-45-27-30-58(87)76(11)62(42(8)9)66(91)75(10)50(67(92)93-38-45)32-44-25-28-46(79)29-26-44/h17-23,25-30,39-42,45,47-53,59-62,77-82H,12-16,24,31-38H2,1-11H3,(H,68,88)(H,69,83)(H,70,89)(H,71,90)(H,72,85)(H,73,84)(H,74,86). The van der Waals surface area contributed by atoms with Gasteiger partial charge < -0.3 is 82.4 Å². The number of phenols is 1. The quantitative estimate of drug-likeness (QED) is 0.0258. The zero-order valence-corrected chi connectivity index (χ0v) is 55.7. The predicted molar refractivity (Wildman–Crippen MR) is 347 cm³/mol. The Morgan fingerprint density at radius 2 is 1.09 bits per heavy atom. The van der Waals surface area contributed by atoms with Crippen LogP contribution in [-0.2, 0) is 65.5 Å². The van der Waals surface area contributed by atoms with E-state index in [4.69, 9.17) is 4.74 Å². The van der Waals surface area contributed by atoms with E-state index < -0.39 is 189 Å². The highest BCUT2D eigenvalue weighted by atomic mass is 16.5. The van der Waals surface area contributed by atoms with Crippen molar-refractivity contribution in [3.63, 3.8) is 0 Å². The lowest BCUT2D eigenvalue weighted by atomic mass is 9.97. The number of phenolic OH excluding ortho intramolecular Hbond substituents is 1. The van der Waals surface area contributed by atoms with Crippen LogP contribution in [0.4, 0.5) is 0 Å². The number of aliphatic hydroxyl groups excluding tert-OH is 5. The van der Waals surface area contributed by atoms with Gasteiger partial charge in [-0.1, -0.05) is 142 Å². The second-order valence-electron chi connectivity index (χ2n) is 25.2. The van der Waals surface area contributed by atoms with Crippen LogP contribution in [0.5, 0.6) is 5.75 Å². The van der Waals surface area contributed by atoms with Gasteiger partial charge in [0.2, 0.25) is 53.2 Å². The molecule has 0 aromatic heterocycles. The van der Waals surface area contributed by atoms with Crippen molar-refractivity contribution in [3.05, 3.63) is 90.0 Å². The number of nitrogens with one attached hydrogen (secondary N) is 7. The molecule has 1 aliphatic heterocycles. The number of allylic oxidation sites excluding steroid dienone is 1. The Morgan fingerprint density at radius 3 is 1.56 bits per heavy atom. The number of likely N-dealkylation sites (N-methyl/N-ethyl adjacent to an activating group) is 2. The molecule has 26 nitrogen and oxygen atoms in total. The fourth-order valence-corrected chi connectivity index (χ4v) is 10.4. The molecule has 518 valence electrons. The average molecular weight is 1310 g/mol. The van der Waals surface area contributed by atoms with Crippen molar-refractivity contribution in [2.45, 2.75) is 206 Å². The number of rotatable bonds is 36. The molecule has 0 saturated carbocycles. The SMILES string of the molecule is CCCCCCC=CCC(=O)NC(Cc1ccccc1)C(O)CC(=O)NC(C(=O)NC(CO)C(O)CC(=O)NC(C(=O)NC(CO)C(O)CC(=O)NC(C(=O)NC1C=CC(=O)N(C)C(C(C)C)C(=O)N(C)C(Cc2ccc(O)cc2)C(=O)OC1)C(C)C)C(C)C)C(C)C. The van der Waals surface area contributed by atoms with Crippen molar-refractivity contribution in [1.82, 2.24) is 47.0 Å². The van der Waals surface area contributed by atoms with Crippen molar-refractivity contribution in [1.29, 1.82) is 0 Å². The molecule has 1 heterocycles. The first-order chi connectivity index (χ1) is 43.9. The molecule has 1 aliphatic rings. The van der Waals surface area contributed by atoms with Crippen LogP contribution < -0.4 is 37.2 Å². The molecule has 0 bridgehead atoms. The maximum Gasteiger partial charge on any atom is 0.329 e. The molecule has 12 unspecified atom stereocenters. The van der Waals surface area contributed by atoms with Crippen LogP contribution in [0.2, 0.25) is 0 Å². The lowest BCUT2D eigenvalue weighted by molar-refractivity contribution is -0.157. The Hall–Kier alpha value is -7.78. The number of nitrogens with zero attached hydrogens (tertiary/aromatic N) is 2. The summed E-state index contributed by atoms with van der Waals surface area (Å²) in [5, 5.41) is 82.3. The van der Waals surface area contributed by atoms with Gasteiger partial charge in [0, 0.05) is 33.0 Å². The molecule has 12 atom stereocenters. The van der Waals surface area contributed by atoms with Crippen molar-refractivity contribution >= 4 is 59.1 Å². The van der Waals surface area contributed by atoms with E-state index in [1.165, 1.54) is 42.1 Å². The summed E-state index contributed by atoms with van der Waals surface area (Å²) in [6, 6.07) is 4.01. The molecule has 13 N–H and O–H groups in total. The summed E-state index contributed by atoms with van der Waals surface area (Å²) in [4.78, 5) is 139. The van der Waals surface area contributed by atoms with Gasteiger partial charge >= 0.3 is 5.97 Å². The summed E-state index contributed by atoms with van der Waals surface area (Å²) in [5.74, 6) is -9.59. The third-order valence-corrected chi connectivity index (χ3v) is 16.1. The van der Waals surface area contributed by atoms with E-state index in [1.807, 2.05) is 36.4 Å². The molecule has 9 amide bonds. The fraction of sp³-hybridized carbons (Fsp3) is 0.612. The Labute approximate surface area is 546 Å². The smallest absolute Gasteiger partial charge is 0.329 e. The van der Waals surface area contributed by atoms with Gasteiger partial charge in [-0.05, 0) is 66.2 Å². The molecule has 3 rings (SSSR count). The van der Waals surface area contributed by atoms with Gasteiger partial charge in [-0.15, -0.1) is 0 Å². The topological polar surface area (TPSA) is 392 Å². The molecule has 2 aromatic rings. The van der Waals surface area contributed by atoms with E-state index in [1.54, 1.807) is 73.6 Å². The minimum Gasteiger partial charge on any atom is -0.508 e. The summed E-state index contributed by atoms with van der Waals surface area (Å²) < 4.78 is 5.69. The third-order valence-electron chi connectivity index (χ3n) is 16.1. The van der Waals surface area contributed by atoms with E-state index in [-0.39, 0.29) is 30.9 Å². The zero-order chi connectivity index (χ0) is 69.6. The second-order valence-corrected chi connectivity index (χ2v) is 25.2. The van der Waals surface area contributed by atoms with Crippen molar-refractivity contribution in [2.24, 2.45) is 23.7 Å². The van der Waals surface area contributed by atoms with Crippen LogP contribution in [0.15, 0.2) is 78.9 Å². The summed E-state index contributed by atoms with van der Waals surface area (Å²) in [6.45, 7) is 13.0. The Kier molecular flexibility index (Phi) is 34.5. The molecular weight excluding hydrogens is 1200 g/mol. The van der Waals surface area contributed by atoms with Gasteiger partial charge in [0.15, 0.2) is 0 Å². The summed E-state index contributed by atoms with van der Waals surface area (Å²) in [5.41, 5.74) is 1.39. The lowest BCUT2D eigenvalue weighted by Gasteiger charge is -2.36. The number of unbranched alkanes of at least 4 members (excludes halogenated alkanes) is 4. The highest BCUT2D eigenvalue weighted by Crippen LogP contribution is 2.21. The Morgan fingerprint density at radius 1 is 0.591 bits per heavy atom. The number of aromatic hydroxyl groups is 1. The van der Waals surface area contributed by atoms with Crippen molar-refractivity contribution in [2.75, 3.05) is 33.9 Å². The predicted octanol–water partition coefficient (Wildman–Crippen LogP) is 1.12. The molecule has 0 saturated heterocycles. The average Bonchev–Trinajstić information content (AvgIpc) is 0.997. The number of carbonyl (C=O) groups is 10. The van der Waals surface area contributed by atoms with E-state index in [9.17, 15) is 78.6 Å². The number of benzene rings is 2. The van der Waals surface area contributed by atoms with Crippen molar-refractivity contribution in [3.8, 4) is 5.75 Å². The summed E-state index contributed by atoms with van der Waals surface area (Å²) in [7, 11) is 2.86. The van der Waals surface area contributed by atoms with E-state index in [0.29, 0.717) is 5.56 Å². The number of ether oxygens (including phenoxy) is 1. The lowest BCUT2D eigenvalue weighted by Crippen LogP contribution is -2.58. The molecule has 93 heavy (non-hydrogen) atoms. The molecule has 0 spiro atoms. The van der Waals surface area contributed by atoms with Crippen LogP contribution >= 0.6 is 0 Å². The Balaban J connectivity index is 1.65. The normalized spacial score (nSPS) is 18.7. The van der Waals surface area contributed by atoms with Gasteiger partial charge in [-0.2, -0.15) is 0 Å². The van der Waals surface area contributed by atoms with Gasteiger partial charge in [0.05, 0.1) is 75.0 Å². The maximum atomic E-state index is 14.0. The largest absolute Gasteiger partial charge is 0.508 e. The Bertz CT molecular complexity index is 2800. The van der Waals surface area contributed by atoms with E-state index >= 15 is 0 Å². The summed E-state index contributed by atoms with van der Waals surface area (Å²) >= 11 is 0. The monoisotopic (exact) mass is 1310 g/mol. The molecule has 2 aromatic carbocycles. The van der Waals surface area contributed by atoms with Crippen LogP contribution in [0.1, 0.15) is 131 Å². The number of hydrogen-bond acceptors (Lipinski definition) is 17. The first kappa shape index (κ1) is 79.5. The molecule has 0 fully saturated rings. The highest BCUT2D eigenvalue weighted by Gasteiger charge is 2.39. The maximum absolute atomic E-state index is 14.0. The first-order valence-corrected chi connectivity index (χ1v) is 32.1. The van der Waals surface area contributed by atoms with Gasteiger partial charge in [0.1, 0.15) is 42.6 Å². The number of aliphatic hydroxyl groups is 5. The van der Waals surface area contributed by atoms with Crippen LogP contribution in [0, 0.1) is 23.7 Å². The number of amides is 9. The minimum absolute atomic E-state index is 0.0137. The number of cyclic esters (lactones) is 1. The summed E-state index contributed by atoms with van der Waals surface area (Å²) in [6.07, 6.45) is 4.67.